The van der Waals surface area contributed by atoms with E-state index in [1.165, 1.54) is 12.8 Å². The second-order valence-electron chi connectivity index (χ2n) is 4.82. The summed E-state index contributed by atoms with van der Waals surface area (Å²) in [4.78, 5) is 2.38. The lowest BCUT2D eigenvalue weighted by Gasteiger charge is -2.33. The number of likely N-dealkylation sites (N-methyl/N-ethyl adjacent to an activating group) is 1. The van der Waals surface area contributed by atoms with Gasteiger partial charge in [-0.1, -0.05) is 6.92 Å². The lowest BCUT2D eigenvalue weighted by Crippen LogP contribution is -2.40. The van der Waals surface area contributed by atoms with Crippen LogP contribution in [0.3, 0.4) is 0 Å². The van der Waals surface area contributed by atoms with Crippen LogP contribution >= 0.6 is 12.4 Å². The van der Waals surface area contributed by atoms with Crippen molar-refractivity contribution < 1.29 is 4.74 Å². The molecule has 2 N–H and O–H groups in total. The van der Waals surface area contributed by atoms with Gasteiger partial charge in [0.1, 0.15) is 0 Å². The third-order valence-corrected chi connectivity index (χ3v) is 3.57. The lowest BCUT2D eigenvalue weighted by molar-refractivity contribution is -0.0179. The highest BCUT2D eigenvalue weighted by atomic mass is 35.5. The third-order valence-electron chi connectivity index (χ3n) is 3.57. The molecule has 1 aliphatic heterocycles. The molecule has 1 rings (SSSR count). The number of nitrogens with two attached hydrogens (primary N) is 1. The van der Waals surface area contributed by atoms with Crippen LogP contribution in [0.1, 0.15) is 33.1 Å². The van der Waals surface area contributed by atoms with Gasteiger partial charge in [-0.25, -0.2) is 0 Å². The van der Waals surface area contributed by atoms with Gasteiger partial charge in [0.15, 0.2) is 0 Å². The number of nitrogens with zero attached hydrogens (tertiary/aromatic N) is 1. The fourth-order valence-corrected chi connectivity index (χ4v) is 2.18. The zero-order valence-electron chi connectivity index (χ0n) is 10.8. The van der Waals surface area contributed by atoms with Crippen molar-refractivity contribution >= 4 is 12.4 Å². The average Bonchev–Trinajstić information content (AvgIpc) is 2.28. The number of hydrogen-bond donors (Lipinski definition) is 1. The molecule has 3 nitrogen and oxygen atoms in total. The van der Waals surface area contributed by atoms with E-state index < -0.39 is 0 Å². The Labute approximate surface area is 106 Å². The maximum Gasteiger partial charge on any atom is 0.0575 e. The minimum Gasteiger partial charge on any atom is -0.378 e. The van der Waals surface area contributed by atoms with Crippen molar-refractivity contribution in [1.29, 1.82) is 0 Å². The molecule has 0 aromatic heterocycles. The molecule has 0 saturated carbocycles. The summed E-state index contributed by atoms with van der Waals surface area (Å²) in [6.45, 7) is 7.25. The van der Waals surface area contributed by atoms with Crippen LogP contribution in [0.15, 0.2) is 0 Å². The van der Waals surface area contributed by atoms with Gasteiger partial charge in [-0.3, -0.25) is 0 Å². The summed E-state index contributed by atoms with van der Waals surface area (Å²) in [5, 5.41) is 0. The Morgan fingerprint density at radius 1 is 1.50 bits per heavy atom. The fourth-order valence-electron chi connectivity index (χ4n) is 2.18. The largest absolute Gasteiger partial charge is 0.378 e. The highest BCUT2D eigenvalue weighted by Gasteiger charge is 2.23. The van der Waals surface area contributed by atoms with Crippen molar-refractivity contribution in [3.63, 3.8) is 0 Å². The minimum atomic E-state index is 0. The van der Waals surface area contributed by atoms with E-state index in [1.807, 2.05) is 0 Å². The van der Waals surface area contributed by atoms with E-state index >= 15 is 0 Å². The Hall–Kier alpha value is 0.170. The summed E-state index contributed by atoms with van der Waals surface area (Å²) in [7, 11) is 2.17. The summed E-state index contributed by atoms with van der Waals surface area (Å²) in [6, 6.07) is 0.493. The smallest absolute Gasteiger partial charge is 0.0575 e. The van der Waals surface area contributed by atoms with E-state index in [2.05, 4.69) is 25.8 Å². The Balaban J connectivity index is 0.00000225. The van der Waals surface area contributed by atoms with Crippen LogP contribution in [0, 0.1) is 5.92 Å². The van der Waals surface area contributed by atoms with Crippen molar-refractivity contribution in [1.82, 2.24) is 4.90 Å². The minimum absolute atomic E-state index is 0. The van der Waals surface area contributed by atoms with Crippen LogP contribution in [0.2, 0.25) is 0 Å². The van der Waals surface area contributed by atoms with Crippen LogP contribution in [-0.4, -0.2) is 43.8 Å². The molecule has 0 aromatic carbocycles. The number of ether oxygens (including phenoxy) is 1. The Bertz CT molecular complexity index is 180. The molecule has 4 heteroatoms. The van der Waals surface area contributed by atoms with Crippen LogP contribution in [0.25, 0.3) is 0 Å². The van der Waals surface area contributed by atoms with Crippen molar-refractivity contribution in [2.24, 2.45) is 11.7 Å². The van der Waals surface area contributed by atoms with E-state index in [0.29, 0.717) is 12.1 Å². The van der Waals surface area contributed by atoms with Gasteiger partial charge in [-0.15, -0.1) is 12.4 Å². The molecule has 0 bridgehead atoms. The third kappa shape index (κ3) is 5.00. The van der Waals surface area contributed by atoms with E-state index in [4.69, 9.17) is 10.5 Å². The van der Waals surface area contributed by atoms with Gasteiger partial charge in [-0.05, 0) is 39.2 Å². The molecule has 0 aliphatic carbocycles. The first-order chi connectivity index (χ1) is 7.17. The first-order valence-corrected chi connectivity index (χ1v) is 6.19. The second kappa shape index (κ2) is 8.29. The molecule has 98 valence electrons. The van der Waals surface area contributed by atoms with E-state index in [0.717, 1.165) is 32.0 Å². The highest BCUT2D eigenvalue weighted by Crippen LogP contribution is 2.23. The van der Waals surface area contributed by atoms with Gasteiger partial charge in [0, 0.05) is 25.7 Å². The van der Waals surface area contributed by atoms with E-state index in [-0.39, 0.29) is 12.4 Å². The van der Waals surface area contributed by atoms with Crippen molar-refractivity contribution in [2.45, 2.75) is 45.3 Å². The Kier molecular flexibility index (Phi) is 8.38. The molecule has 3 unspecified atom stereocenters. The molecule has 3 atom stereocenters. The quantitative estimate of drug-likeness (QED) is 0.810. The summed E-state index contributed by atoms with van der Waals surface area (Å²) >= 11 is 0. The summed E-state index contributed by atoms with van der Waals surface area (Å²) in [6.07, 6.45) is 4.06. The van der Waals surface area contributed by atoms with E-state index in [1.54, 1.807) is 0 Å². The van der Waals surface area contributed by atoms with Gasteiger partial charge in [0.05, 0.1) is 6.10 Å². The predicted molar refractivity (Wildman–Crippen MR) is 71.1 cm³/mol. The summed E-state index contributed by atoms with van der Waals surface area (Å²) in [5.41, 5.74) is 5.67. The van der Waals surface area contributed by atoms with Gasteiger partial charge in [0.25, 0.3) is 0 Å². The van der Waals surface area contributed by atoms with Crippen molar-refractivity contribution in [2.75, 3.05) is 26.7 Å². The van der Waals surface area contributed by atoms with Gasteiger partial charge < -0.3 is 15.4 Å². The van der Waals surface area contributed by atoms with Crippen LogP contribution in [0.4, 0.5) is 0 Å². The normalized spacial score (nSPS) is 27.6. The number of halogens is 1. The van der Waals surface area contributed by atoms with E-state index in [9.17, 15) is 0 Å². The first kappa shape index (κ1) is 16.2. The van der Waals surface area contributed by atoms with Crippen LogP contribution in [-0.2, 0) is 4.74 Å². The molecule has 0 amide bonds. The molecular weight excluding hydrogens is 224 g/mol. The zero-order valence-corrected chi connectivity index (χ0v) is 11.6. The first-order valence-electron chi connectivity index (χ1n) is 6.19. The van der Waals surface area contributed by atoms with Crippen LogP contribution < -0.4 is 5.73 Å². The predicted octanol–water partition coefficient (Wildman–Crippen LogP) is 1.89. The standard InChI is InChI=1S/C12H26N2O.ClH/c1-4-12-7-11(5-6-15-12)9-14(3)10(2)8-13;/h10-12H,4-9,13H2,1-3H3;1H. The van der Waals surface area contributed by atoms with Crippen molar-refractivity contribution in [3.05, 3.63) is 0 Å². The van der Waals surface area contributed by atoms with Gasteiger partial charge >= 0.3 is 0 Å². The van der Waals surface area contributed by atoms with Gasteiger partial charge in [0.2, 0.25) is 0 Å². The maximum absolute atomic E-state index is 5.68. The number of rotatable bonds is 5. The topological polar surface area (TPSA) is 38.5 Å². The number of hydrogen-bond acceptors (Lipinski definition) is 3. The lowest BCUT2D eigenvalue weighted by atomic mass is 9.93. The molecule has 1 aliphatic rings. The second-order valence-corrected chi connectivity index (χ2v) is 4.82. The Morgan fingerprint density at radius 2 is 2.19 bits per heavy atom. The SMILES string of the molecule is CCC1CC(CN(C)C(C)CN)CCO1.Cl. The molecule has 0 aromatic rings. The summed E-state index contributed by atoms with van der Waals surface area (Å²) < 4.78 is 5.68. The van der Waals surface area contributed by atoms with Crippen molar-refractivity contribution in [3.8, 4) is 0 Å². The molecule has 16 heavy (non-hydrogen) atoms. The molecule has 1 heterocycles. The fraction of sp³-hybridized carbons (Fsp3) is 1.00. The molecule has 0 spiro atoms. The van der Waals surface area contributed by atoms with Crippen LogP contribution in [0.5, 0.6) is 0 Å². The summed E-state index contributed by atoms with van der Waals surface area (Å²) in [5.74, 6) is 0.794. The monoisotopic (exact) mass is 250 g/mol. The maximum atomic E-state index is 5.68. The molecule has 0 radical (unpaired) electrons. The molecule has 1 fully saturated rings. The van der Waals surface area contributed by atoms with Gasteiger partial charge in [-0.2, -0.15) is 0 Å². The molecular formula is C12H27ClN2O. The Morgan fingerprint density at radius 3 is 2.75 bits per heavy atom. The average molecular weight is 251 g/mol. The highest BCUT2D eigenvalue weighted by molar-refractivity contribution is 5.85. The molecule has 1 saturated heterocycles. The zero-order chi connectivity index (χ0) is 11.3.